The predicted molar refractivity (Wildman–Crippen MR) is 104 cm³/mol. The minimum absolute atomic E-state index is 0.0190. The highest BCUT2D eigenvalue weighted by Crippen LogP contribution is 2.38. The van der Waals surface area contributed by atoms with Gasteiger partial charge in [-0.05, 0) is 73.8 Å². The summed E-state index contributed by atoms with van der Waals surface area (Å²) in [5.41, 5.74) is -0.271. The monoisotopic (exact) mass is 422 g/mol. The number of halogens is 6. The Labute approximate surface area is 171 Å². The molecule has 1 fully saturated rings. The molecule has 158 valence electrons. The summed E-state index contributed by atoms with van der Waals surface area (Å²) in [4.78, 5) is 0. The molecule has 0 aromatic heterocycles. The molecule has 0 aliphatic heterocycles. The Morgan fingerprint density at radius 1 is 0.900 bits per heavy atom. The molecule has 0 bridgehead atoms. The van der Waals surface area contributed by atoms with E-state index in [1.54, 1.807) is 6.07 Å². The fraction of sp³-hybridized carbons (Fsp3) is 0.333. The van der Waals surface area contributed by atoms with Gasteiger partial charge in [0.2, 0.25) is 0 Å². The second-order valence-electron chi connectivity index (χ2n) is 7.44. The highest BCUT2D eigenvalue weighted by Gasteiger charge is 2.24. The van der Waals surface area contributed by atoms with Crippen LogP contribution in [0.15, 0.2) is 42.5 Å². The number of alkyl halides is 3. The van der Waals surface area contributed by atoms with Crippen molar-refractivity contribution in [3.8, 4) is 23.0 Å². The van der Waals surface area contributed by atoms with Crippen molar-refractivity contribution < 1.29 is 26.3 Å². The Bertz CT molecular complexity index is 976. The summed E-state index contributed by atoms with van der Waals surface area (Å²) in [5, 5.41) is 0. The summed E-state index contributed by atoms with van der Waals surface area (Å²) >= 11 is 0. The van der Waals surface area contributed by atoms with E-state index in [-0.39, 0.29) is 17.0 Å². The van der Waals surface area contributed by atoms with Crippen molar-refractivity contribution in [3.05, 3.63) is 71.1 Å². The van der Waals surface area contributed by atoms with Crippen LogP contribution in [0.3, 0.4) is 0 Å². The van der Waals surface area contributed by atoms with Gasteiger partial charge in [-0.3, -0.25) is 0 Å². The van der Waals surface area contributed by atoms with E-state index in [9.17, 15) is 26.3 Å². The van der Waals surface area contributed by atoms with E-state index in [0.29, 0.717) is 5.92 Å². The van der Waals surface area contributed by atoms with Crippen LogP contribution >= 0.6 is 0 Å². The molecule has 1 aliphatic rings. The van der Waals surface area contributed by atoms with Gasteiger partial charge in [-0.1, -0.05) is 30.2 Å². The van der Waals surface area contributed by atoms with E-state index in [1.807, 2.05) is 13.0 Å². The molecule has 0 nitrogen and oxygen atoms in total. The topological polar surface area (TPSA) is 0 Å². The van der Waals surface area contributed by atoms with Crippen molar-refractivity contribution in [3.63, 3.8) is 0 Å². The summed E-state index contributed by atoms with van der Waals surface area (Å²) in [6.45, 7) is 1.99. The zero-order valence-corrected chi connectivity index (χ0v) is 16.3. The fourth-order valence-electron chi connectivity index (χ4n) is 3.92. The molecule has 30 heavy (non-hydrogen) atoms. The summed E-state index contributed by atoms with van der Waals surface area (Å²) in [5.74, 6) is -0.110. The maximum Gasteiger partial charge on any atom is 0.458 e. The number of allylic oxidation sites excluding steroid dienone is 2. The van der Waals surface area contributed by atoms with E-state index in [2.05, 4.69) is 6.08 Å². The van der Waals surface area contributed by atoms with E-state index in [1.165, 1.54) is 18.1 Å². The lowest BCUT2D eigenvalue weighted by molar-refractivity contribution is -0.0696. The summed E-state index contributed by atoms with van der Waals surface area (Å²) < 4.78 is 79.5. The van der Waals surface area contributed by atoms with Crippen molar-refractivity contribution >= 4 is 0 Å². The fourth-order valence-corrected chi connectivity index (χ4v) is 3.92. The normalized spacial score (nSPS) is 19.6. The Morgan fingerprint density at radius 2 is 1.53 bits per heavy atom. The molecule has 1 saturated carbocycles. The lowest BCUT2D eigenvalue weighted by Crippen LogP contribution is -2.12. The van der Waals surface area contributed by atoms with Gasteiger partial charge in [0.1, 0.15) is 17.5 Å². The van der Waals surface area contributed by atoms with Crippen LogP contribution in [0, 0.1) is 35.2 Å². The minimum atomic E-state index is -4.87. The smallest absolute Gasteiger partial charge is 0.206 e. The summed E-state index contributed by atoms with van der Waals surface area (Å²) in [6.07, 6.45) is 3.27. The Hall–Kier alpha value is -2.68. The molecule has 2 aromatic rings. The standard InChI is InChI=1S/C24H20F6/c1-2-3-15-4-6-16(7-5-15)17-8-9-19(21(25)12-17)18-13-22(26)20(23(27)14-18)10-11-24(28,29)30/h2-3,8-9,12-16H,4-7H2,1H3/b3-2+. The van der Waals surface area contributed by atoms with Crippen molar-refractivity contribution in [1.82, 2.24) is 0 Å². The zero-order chi connectivity index (χ0) is 21.9. The predicted octanol–water partition coefficient (Wildman–Crippen LogP) is 7.53. The number of hydrogen-bond acceptors (Lipinski definition) is 0. The van der Waals surface area contributed by atoms with E-state index in [4.69, 9.17) is 0 Å². The Kier molecular flexibility index (Phi) is 6.60. The second-order valence-corrected chi connectivity index (χ2v) is 7.44. The average Bonchev–Trinajstić information content (AvgIpc) is 2.67. The van der Waals surface area contributed by atoms with Crippen LogP contribution in [-0.4, -0.2) is 6.18 Å². The van der Waals surface area contributed by atoms with Crippen LogP contribution in [0.1, 0.15) is 49.7 Å². The molecule has 0 amide bonds. The van der Waals surface area contributed by atoms with E-state index < -0.39 is 29.2 Å². The van der Waals surface area contributed by atoms with Crippen molar-refractivity contribution in [2.45, 2.75) is 44.7 Å². The van der Waals surface area contributed by atoms with Crippen molar-refractivity contribution in [2.24, 2.45) is 5.92 Å². The molecule has 6 heteroatoms. The maximum absolute atomic E-state index is 14.7. The lowest BCUT2D eigenvalue weighted by atomic mass is 9.78. The third-order valence-corrected chi connectivity index (χ3v) is 5.38. The molecular formula is C24H20F6. The van der Waals surface area contributed by atoms with Crippen molar-refractivity contribution in [1.29, 1.82) is 0 Å². The molecule has 0 unspecified atom stereocenters. The van der Waals surface area contributed by atoms with E-state index in [0.717, 1.165) is 49.3 Å². The van der Waals surface area contributed by atoms with Gasteiger partial charge < -0.3 is 0 Å². The second kappa shape index (κ2) is 8.99. The highest BCUT2D eigenvalue weighted by atomic mass is 19.4. The molecule has 2 aromatic carbocycles. The van der Waals surface area contributed by atoms with Gasteiger partial charge in [0.05, 0.1) is 5.56 Å². The van der Waals surface area contributed by atoms with Crippen LogP contribution < -0.4 is 0 Å². The first-order chi connectivity index (χ1) is 14.2. The minimum Gasteiger partial charge on any atom is -0.206 e. The first-order valence-corrected chi connectivity index (χ1v) is 9.69. The van der Waals surface area contributed by atoms with Crippen LogP contribution in [-0.2, 0) is 0 Å². The largest absolute Gasteiger partial charge is 0.458 e. The maximum atomic E-state index is 14.7. The SMILES string of the molecule is C/C=C/C1CCC(c2ccc(-c3cc(F)c(C#CC(F)(F)F)c(F)c3)c(F)c2)CC1. The van der Waals surface area contributed by atoms with Gasteiger partial charge in [-0.15, -0.1) is 0 Å². The first kappa shape index (κ1) is 22.0. The molecule has 1 aliphatic carbocycles. The van der Waals surface area contributed by atoms with Gasteiger partial charge in [-0.25, -0.2) is 13.2 Å². The molecule has 0 radical (unpaired) electrons. The summed E-state index contributed by atoms with van der Waals surface area (Å²) in [6, 6.07) is 6.17. The van der Waals surface area contributed by atoms with Gasteiger partial charge in [0.15, 0.2) is 0 Å². The number of benzene rings is 2. The highest BCUT2D eigenvalue weighted by molar-refractivity contribution is 5.66. The molecule has 0 spiro atoms. The Balaban J connectivity index is 1.84. The van der Waals surface area contributed by atoms with Crippen LogP contribution in [0.25, 0.3) is 11.1 Å². The third-order valence-electron chi connectivity index (χ3n) is 5.38. The van der Waals surface area contributed by atoms with Gasteiger partial charge in [0, 0.05) is 11.5 Å². The van der Waals surface area contributed by atoms with Gasteiger partial charge in [-0.2, -0.15) is 13.2 Å². The van der Waals surface area contributed by atoms with E-state index >= 15 is 0 Å². The molecule has 0 atom stereocenters. The van der Waals surface area contributed by atoms with Gasteiger partial charge >= 0.3 is 6.18 Å². The van der Waals surface area contributed by atoms with Crippen LogP contribution in [0.5, 0.6) is 0 Å². The molecule has 0 saturated heterocycles. The van der Waals surface area contributed by atoms with Gasteiger partial charge in [0.25, 0.3) is 0 Å². The molecule has 0 N–H and O–H groups in total. The summed E-state index contributed by atoms with van der Waals surface area (Å²) in [7, 11) is 0. The molecule has 0 heterocycles. The Morgan fingerprint density at radius 3 is 2.07 bits per heavy atom. The van der Waals surface area contributed by atoms with Crippen molar-refractivity contribution in [2.75, 3.05) is 0 Å². The van der Waals surface area contributed by atoms with Crippen LogP contribution in [0.2, 0.25) is 0 Å². The average molecular weight is 422 g/mol. The molecule has 3 rings (SSSR count). The quantitative estimate of drug-likeness (QED) is 0.272. The number of rotatable bonds is 3. The number of hydrogen-bond donors (Lipinski definition) is 0. The van der Waals surface area contributed by atoms with Crippen LogP contribution in [0.4, 0.5) is 26.3 Å². The lowest BCUT2D eigenvalue weighted by Gasteiger charge is -2.27. The zero-order valence-electron chi connectivity index (χ0n) is 16.3. The molecular weight excluding hydrogens is 402 g/mol. The third kappa shape index (κ3) is 5.27. The first-order valence-electron chi connectivity index (χ1n) is 9.69.